The molecule has 1 aliphatic rings. The molecule has 1 unspecified atom stereocenters. The summed E-state index contributed by atoms with van der Waals surface area (Å²) < 4.78 is 5.27. The van der Waals surface area contributed by atoms with E-state index in [1.807, 2.05) is 6.92 Å². The number of hydrogen-bond donors (Lipinski definition) is 1. The number of ether oxygens (including phenoxy) is 1. The maximum Gasteiger partial charge on any atom is 0.335 e. The summed E-state index contributed by atoms with van der Waals surface area (Å²) in [6.45, 7) is 6.80. The van der Waals surface area contributed by atoms with E-state index in [4.69, 9.17) is 4.74 Å². The lowest BCUT2D eigenvalue weighted by atomic mass is 10.0. The van der Waals surface area contributed by atoms with Crippen LogP contribution in [0.4, 0.5) is 0 Å². The molecule has 0 amide bonds. The van der Waals surface area contributed by atoms with Gasteiger partial charge >= 0.3 is 5.97 Å². The van der Waals surface area contributed by atoms with Crippen LogP contribution >= 0.6 is 0 Å². The highest BCUT2D eigenvalue weighted by atomic mass is 16.5. The summed E-state index contributed by atoms with van der Waals surface area (Å²) in [4.78, 5) is 12.2. The zero-order valence-electron chi connectivity index (χ0n) is 17.7. The zero-order valence-corrected chi connectivity index (χ0v) is 17.7. The topological polar surface area (TPSA) is 38.3 Å². The molecule has 1 saturated heterocycles. The third-order valence-electron chi connectivity index (χ3n) is 5.41. The van der Waals surface area contributed by atoms with E-state index in [9.17, 15) is 4.79 Å². The van der Waals surface area contributed by atoms with Gasteiger partial charge in [0.25, 0.3) is 0 Å². The van der Waals surface area contributed by atoms with Crippen LogP contribution in [0.15, 0.2) is 11.3 Å². The Balaban J connectivity index is 2.11. The Morgan fingerprint density at radius 2 is 1.46 bits per heavy atom. The second-order valence-electron chi connectivity index (χ2n) is 7.90. The first-order chi connectivity index (χ1) is 12.7. The molecule has 1 heterocycles. The minimum absolute atomic E-state index is 0.104. The van der Waals surface area contributed by atoms with E-state index < -0.39 is 0 Å². The van der Waals surface area contributed by atoms with Crippen molar-refractivity contribution < 1.29 is 9.53 Å². The van der Waals surface area contributed by atoms with Gasteiger partial charge in [-0.2, -0.15) is 0 Å². The van der Waals surface area contributed by atoms with Crippen LogP contribution in [0.1, 0.15) is 117 Å². The highest BCUT2D eigenvalue weighted by Gasteiger charge is 2.22. The van der Waals surface area contributed by atoms with E-state index in [1.165, 1.54) is 70.6 Å². The lowest BCUT2D eigenvalue weighted by Gasteiger charge is -2.12. The molecule has 0 aromatic carbocycles. The highest BCUT2D eigenvalue weighted by Crippen LogP contribution is 2.24. The average molecular weight is 366 g/mol. The predicted molar refractivity (Wildman–Crippen MR) is 111 cm³/mol. The summed E-state index contributed by atoms with van der Waals surface area (Å²) in [5.74, 6) is -0.104. The Bertz CT molecular complexity index is 403. The third-order valence-corrected chi connectivity index (χ3v) is 5.41. The number of esters is 1. The number of carbonyl (C=O) groups is 1. The molecule has 0 aromatic rings. The molecule has 0 bridgehead atoms. The normalized spacial score (nSPS) is 18.7. The van der Waals surface area contributed by atoms with E-state index >= 15 is 0 Å². The third kappa shape index (κ3) is 10.2. The summed E-state index contributed by atoms with van der Waals surface area (Å²) in [5.41, 5.74) is 2.04. The molecule has 26 heavy (non-hydrogen) atoms. The molecule has 1 atom stereocenters. The van der Waals surface area contributed by atoms with Crippen LogP contribution in [0.3, 0.4) is 0 Å². The minimum Gasteiger partial charge on any atom is -0.463 e. The molecule has 3 nitrogen and oxygen atoms in total. The molecule has 0 spiro atoms. The second kappa shape index (κ2) is 15.1. The van der Waals surface area contributed by atoms with Crippen molar-refractivity contribution >= 4 is 5.97 Å². The molecule has 0 saturated carbocycles. The molecule has 0 aliphatic carbocycles. The maximum atomic E-state index is 12.2. The van der Waals surface area contributed by atoms with Crippen molar-refractivity contribution in [2.75, 3.05) is 6.61 Å². The van der Waals surface area contributed by atoms with E-state index in [0.29, 0.717) is 12.6 Å². The van der Waals surface area contributed by atoms with E-state index in [0.717, 1.165) is 37.0 Å². The van der Waals surface area contributed by atoms with Crippen LogP contribution in [0.2, 0.25) is 0 Å². The number of allylic oxidation sites excluding steroid dienone is 1. The Morgan fingerprint density at radius 3 is 1.92 bits per heavy atom. The largest absolute Gasteiger partial charge is 0.463 e. The van der Waals surface area contributed by atoms with Crippen molar-refractivity contribution in [1.29, 1.82) is 0 Å². The van der Waals surface area contributed by atoms with Crippen molar-refractivity contribution in [2.45, 2.75) is 123 Å². The lowest BCUT2D eigenvalue weighted by molar-refractivity contribution is -0.138. The van der Waals surface area contributed by atoms with Gasteiger partial charge in [-0.25, -0.2) is 4.79 Å². The Hall–Kier alpha value is -0.990. The Kier molecular flexibility index (Phi) is 13.4. The number of hydrogen-bond acceptors (Lipinski definition) is 3. The maximum absolute atomic E-state index is 12.2. The summed E-state index contributed by atoms with van der Waals surface area (Å²) in [6.07, 6.45) is 19.1. The molecule has 0 radical (unpaired) electrons. The smallest absolute Gasteiger partial charge is 0.335 e. The Morgan fingerprint density at radius 1 is 0.923 bits per heavy atom. The fraction of sp³-hybridized carbons (Fsp3) is 0.870. The van der Waals surface area contributed by atoms with Gasteiger partial charge in [0, 0.05) is 11.7 Å². The van der Waals surface area contributed by atoms with Gasteiger partial charge in [0.05, 0.1) is 12.2 Å². The molecule has 1 rings (SSSR count). The minimum atomic E-state index is -0.104. The molecule has 0 aromatic heterocycles. The molecular weight excluding hydrogens is 322 g/mol. The molecule has 3 heteroatoms. The van der Waals surface area contributed by atoms with Crippen molar-refractivity contribution in [1.82, 2.24) is 5.32 Å². The van der Waals surface area contributed by atoms with Gasteiger partial charge in [-0.05, 0) is 39.5 Å². The van der Waals surface area contributed by atoms with E-state index in [2.05, 4.69) is 19.2 Å². The van der Waals surface area contributed by atoms with Gasteiger partial charge in [0.1, 0.15) is 0 Å². The van der Waals surface area contributed by atoms with Crippen LogP contribution < -0.4 is 5.32 Å². The number of unbranched alkanes of at least 4 members (excludes halogenated alkanes) is 11. The van der Waals surface area contributed by atoms with Crippen molar-refractivity contribution in [3.63, 3.8) is 0 Å². The van der Waals surface area contributed by atoms with Crippen molar-refractivity contribution in [3.8, 4) is 0 Å². The Labute approximate surface area is 162 Å². The molecular formula is C23H43NO2. The fourth-order valence-electron chi connectivity index (χ4n) is 3.78. The molecule has 1 N–H and O–H groups in total. The average Bonchev–Trinajstić information content (AvgIpc) is 3.05. The van der Waals surface area contributed by atoms with Gasteiger partial charge in [0.15, 0.2) is 0 Å². The summed E-state index contributed by atoms with van der Waals surface area (Å²) >= 11 is 0. The molecule has 1 fully saturated rings. The van der Waals surface area contributed by atoms with Gasteiger partial charge in [0.2, 0.25) is 0 Å². The fourth-order valence-corrected chi connectivity index (χ4v) is 3.78. The van der Waals surface area contributed by atoms with Crippen molar-refractivity contribution in [2.24, 2.45) is 0 Å². The first-order valence-electron chi connectivity index (χ1n) is 11.3. The zero-order chi connectivity index (χ0) is 19.0. The number of nitrogens with one attached hydrogen (secondary N) is 1. The molecule has 152 valence electrons. The van der Waals surface area contributed by atoms with Crippen molar-refractivity contribution in [3.05, 3.63) is 11.3 Å². The van der Waals surface area contributed by atoms with Gasteiger partial charge < -0.3 is 10.1 Å². The van der Waals surface area contributed by atoms with E-state index in [1.54, 1.807) is 0 Å². The van der Waals surface area contributed by atoms with E-state index in [-0.39, 0.29) is 5.97 Å². The lowest BCUT2D eigenvalue weighted by Crippen LogP contribution is -2.20. The number of rotatable bonds is 15. The summed E-state index contributed by atoms with van der Waals surface area (Å²) in [7, 11) is 0. The van der Waals surface area contributed by atoms with Crippen LogP contribution in [0.25, 0.3) is 0 Å². The quantitative estimate of drug-likeness (QED) is 0.200. The number of carbonyl (C=O) groups excluding carboxylic acids is 1. The second-order valence-corrected chi connectivity index (χ2v) is 7.90. The molecule has 1 aliphatic heterocycles. The summed E-state index contributed by atoms with van der Waals surface area (Å²) in [5, 5.41) is 3.47. The summed E-state index contributed by atoms with van der Waals surface area (Å²) in [6, 6.07) is 0.483. The highest BCUT2D eigenvalue weighted by molar-refractivity contribution is 5.89. The first kappa shape index (κ1) is 23.0. The SMILES string of the molecule is CCCCCCCCCCCCCC/C(C(=O)OCC)=C1\CCC(C)N1. The monoisotopic (exact) mass is 365 g/mol. The van der Waals surface area contributed by atoms with Crippen LogP contribution in [-0.2, 0) is 9.53 Å². The standard InChI is InChI=1S/C23H43NO2/c1-4-6-7-8-9-10-11-12-13-14-15-16-17-21(23(25)26-5-2)22-19-18-20(3)24-22/h20,24H,4-19H2,1-3H3/b22-21-. The van der Waals surface area contributed by atoms with Gasteiger partial charge in [-0.3, -0.25) is 0 Å². The van der Waals surface area contributed by atoms with Crippen LogP contribution in [0.5, 0.6) is 0 Å². The van der Waals surface area contributed by atoms with Gasteiger partial charge in [-0.1, -0.05) is 77.6 Å². The van der Waals surface area contributed by atoms with Crippen LogP contribution in [-0.4, -0.2) is 18.6 Å². The first-order valence-corrected chi connectivity index (χ1v) is 11.3. The van der Waals surface area contributed by atoms with Crippen LogP contribution in [0, 0.1) is 0 Å². The predicted octanol–water partition coefficient (Wildman–Crippen LogP) is 6.67. The van der Waals surface area contributed by atoms with Gasteiger partial charge in [-0.15, -0.1) is 0 Å².